The van der Waals surface area contributed by atoms with Crippen LogP contribution in [0.3, 0.4) is 0 Å². The van der Waals surface area contributed by atoms with E-state index in [9.17, 15) is 0 Å². The van der Waals surface area contributed by atoms with Gasteiger partial charge in [-0.2, -0.15) is 0 Å². The maximum atomic E-state index is 3.61. The molecule has 0 saturated carbocycles. The molecule has 2 rings (SSSR count). The largest absolute Gasteiger partial charge is 0.317 e. The Hall–Kier alpha value is 1.00. The predicted octanol–water partition coefficient (Wildman–Crippen LogP) is 3.31. The summed E-state index contributed by atoms with van der Waals surface area (Å²) in [5, 5.41) is 14.4. The van der Waals surface area contributed by atoms with E-state index in [4.69, 9.17) is 0 Å². The molecule has 156 valence electrons. The van der Waals surface area contributed by atoms with Gasteiger partial charge in [0.25, 0.3) is 0 Å². The minimum atomic E-state index is 0. The van der Waals surface area contributed by atoms with Crippen LogP contribution in [0.15, 0.2) is 0 Å². The van der Waals surface area contributed by atoms with E-state index in [2.05, 4.69) is 21.3 Å². The second-order valence-electron chi connectivity index (χ2n) is 6.72. The van der Waals surface area contributed by atoms with Gasteiger partial charge in [0.15, 0.2) is 0 Å². The van der Waals surface area contributed by atoms with Crippen LogP contribution in [0.1, 0.15) is 57.8 Å². The molecule has 0 radical (unpaired) electrons. The zero-order valence-electron chi connectivity index (χ0n) is 15.4. The Kier molecular flexibility index (Phi) is 26.2. The first-order valence-corrected chi connectivity index (χ1v) is 9.33. The van der Waals surface area contributed by atoms with E-state index in [1.54, 1.807) is 0 Å². The Labute approximate surface area is 179 Å². The van der Waals surface area contributed by atoms with Gasteiger partial charge in [0.1, 0.15) is 0 Å². The minimum Gasteiger partial charge on any atom is -0.317 e. The number of nitrogens with one attached hydrogen (secondary N) is 4. The van der Waals surface area contributed by atoms with Crippen molar-refractivity contribution in [1.82, 2.24) is 21.3 Å². The molecule has 0 aromatic rings. The summed E-state index contributed by atoms with van der Waals surface area (Å²) >= 11 is 0. The third-order valence-corrected chi connectivity index (χ3v) is 4.87. The first-order valence-electron chi connectivity index (χ1n) is 9.33. The quantitative estimate of drug-likeness (QED) is 0.393. The van der Waals surface area contributed by atoms with Crippen LogP contribution in [-0.4, -0.2) is 51.4 Å². The van der Waals surface area contributed by atoms with Crippen molar-refractivity contribution in [2.24, 2.45) is 0 Å². The highest BCUT2D eigenvalue weighted by Gasteiger charge is 2.12. The van der Waals surface area contributed by atoms with E-state index < -0.39 is 0 Å². The van der Waals surface area contributed by atoms with E-state index in [1.165, 1.54) is 84.0 Å². The van der Waals surface area contributed by atoms with Crippen molar-refractivity contribution in [3.63, 3.8) is 0 Å². The van der Waals surface area contributed by atoms with Crippen LogP contribution in [0.25, 0.3) is 0 Å². The van der Waals surface area contributed by atoms with Crippen LogP contribution >= 0.6 is 49.6 Å². The van der Waals surface area contributed by atoms with Gasteiger partial charge in [0.05, 0.1) is 0 Å². The van der Waals surface area contributed by atoms with Crippen LogP contribution in [0.2, 0.25) is 0 Å². The molecule has 4 nitrogen and oxygen atoms in total. The maximum Gasteiger partial charge on any atom is 0.00791 e. The van der Waals surface area contributed by atoms with Crippen molar-refractivity contribution >= 4 is 49.6 Å². The zero-order chi connectivity index (χ0) is 14.6. The molecular weight excluding hydrogens is 402 g/mol. The second-order valence-corrected chi connectivity index (χ2v) is 6.72. The van der Waals surface area contributed by atoms with Gasteiger partial charge in [-0.3, -0.25) is 0 Å². The van der Waals surface area contributed by atoms with Gasteiger partial charge in [-0.25, -0.2) is 0 Å². The molecule has 0 bridgehead atoms. The van der Waals surface area contributed by atoms with E-state index in [0.29, 0.717) is 0 Å². The average Bonchev–Trinajstić information content (AvgIpc) is 2.55. The SMILES string of the molecule is C(CNCCC1CCCCN1)CNCCC1CCCCN1.Cl.Cl.Cl.Cl. The second kappa shape index (κ2) is 21.3. The molecule has 2 saturated heterocycles. The highest BCUT2D eigenvalue weighted by molar-refractivity contribution is 5.86. The lowest BCUT2D eigenvalue weighted by molar-refractivity contribution is 0.372. The highest BCUT2D eigenvalue weighted by atomic mass is 35.5. The van der Waals surface area contributed by atoms with Gasteiger partial charge in [-0.05, 0) is 84.2 Å². The summed E-state index contributed by atoms with van der Waals surface area (Å²) in [7, 11) is 0. The van der Waals surface area contributed by atoms with Crippen LogP contribution in [0, 0.1) is 0 Å². The summed E-state index contributed by atoms with van der Waals surface area (Å²) in [5.41, 5.74) is 0. The lowest BCUT2D eigenvalue weighted by Gasteiger charge is -2.23. The van der Waals surface area contributed by atoms with E-state index in [0.717, 1.165) is 25.2 Å². The maximum absolute atomic E-state index is 3.61. The fourth-order valence-corrected chi connectivity index (χ4v) is 3.48. The first kappa shape index (κ1) is 30.7. The highest BCUT2D eigenvalue weighted by Crippen LogP contribution is 2.09. The average molecular weight is 442 g/mol. The molecule has 2 unspecified atom stereocenters. The molecule has 2 fully saturated rings. The normalized spacial score (nSPS) is 22.6. The Morgan fingerprint density at radius 2 is 1.04 bits per heavy atom. The van der Waals surface area contributed by atoms with Crippen LogP contribution in [-0.2, 0) is 0 Å². The number of rotatable bonds is 10. The Morgan fingerprint density at radius 1 is 0.600 bits per heavy atom. The lowest BCUT2D eigenvalue weighted by atomic mass is 10.0. The molecule has 8 heteroatoms. The van der Waals surface area contributed by atoms with Gasteiger partial charge in [0.2, 0.25) is 0 Å². The Balaban J connectivity index is -0.00000121. The molecule has 4 N–H and O–H groups in total. The van der Waals surface area contributed by atoms with Crippen molar-refractivity contribution < 1.29 is 0 Å². The molecule has 0 aliphatic carbocycles. The third-order valence-electron chi connectivity index (χ3n) is 4.87. The van der Waals surface area contributed by atoms with Gasteiger partial charge in [-0.15, -0.1) is 49.6 Å². The fraction of sp³-hybridized carbons (Fsp3) is 1.00. The molecule has 0 amide bonds. The third kappa shape index (κ3) is 15.7. The summed E-state index contributed by atoms with van der Waals surface area (Å²) in [6.45, 7) is 7.10. The summed E-state index contributed by atoms with van der Waals surface area (Å²) in [5.74, 6) is 0. The van der Waals surface area contributed by atoms with Crippen molar-refractivity contribution in [3.05, 3.63) is 0 Å². The number of hydrogen-bond donors (Lipinski definition) is 4. The van der Waals surface area contributed by atoms with Crippen LogP contribution in [0.4, 0.5) is 0 Å². The van der Waals surface area contributed by atoms with E-state index in [-0.39, 0.29) is 49.6 Å². The van der Waals surface area contributed by atoms with Gasteiger partial charge >= 0.3 is 0 Å². The summed E-state index contributed by atoms with van der Waals surface area (Å²) in [4.78, 5) is 0. The van der Waals surface area contributed by atoms with Crippen LogP contribution < -0.4 is 21.3 Å². The van der Waals surface area contributed by atoms with E-state index >= 15 is 0 Å². The summed E-state index contributed by atoms with van der Waals surface area (Å²) in [6, 6.07) is 1.54. The molecule has 2 atom stereocenters. The molecule has 25 heavy (non-hydrogen) atoms. The summed E-state index contributed by atoms with van der Waals surface area (Å²) < 4.78 is 0. The van der Waals surface area contributed by atoms with Crippen molar-refractivity contribution in [2.75, 3.05) is 39.3 Å². The number of halogens is 4. The molecule has 2 aliphatic rings. The first-order chi connectivity index (χ1) is 10.4. The lowest BCUT2D eigenvalue weighted by Crippen LogP contribution is -2.37. The van der Waals surface area contributed by atoms with Crippen molar-refractivity contribution in [1.29, 1.82) is 0 Å². The van der Waals surface area contributed by atoms with E-state index in [1.807, 2.05) is 0 Å². The number of hydrogen-bond acceptors (Lipinski definition) is 4. The topological polar surface area (TPSA) is 48.1 Å². The monoisotopic (exact) mass is 440 g/mol. The molecule has 2 heterocycles. The Morgan fingerprint density at radius 3 is 1.40 bits per heavy atom. The predicted molar refractivity (Wildman–Crippen MR) is 120 cm³/mol. The molecule has 0 spiro atoms. The molecule has 2 aliphatic heterocycles. The zero-order valence-corrected chi connectivity index (χ0v) is 18.7. The van der Waals surface area contributed by atoms with Gasteiger partial charge in [-0.1, -0.05) is 12.8 Å². The van der Waals surface area contributed by atoms with Crippen LogP contribution in [0.5, 0.6) is 0 Å². The molecule has 0 aromatic heterocycles. The van der Waals surface area contributed by atoms with Crippen molar-refractivity contribution in [3.8, 4) is 0 Å². The molecule has 0 aromatic carbocycles. The minimum absolute atomic E-state index is 0. The smallest absolute Gasteiger partial charge is 0.00791 e. The Bertz CT molecular complexity index is 227. The molecular formula is C17H40Cl4N4. The van der Waals surface area contributed by atoms with Gasteiger partial charge in [0, 0.05) is 12.1 Å². The standard InChI is InChI=1S/C17H36N4.4ClH/c1-3-12-20-16(6-1)8-14-18-10-5-11-19-15-9-17-7-2-4-13-21-17;;;;/h16-21H,1-15H2;4*1H. The summed E-state index contributed by atoms with van der Waals surface area (Å²) in [6.07, 6.45) is 12.1. The van der Waals surface area contributed by atoms with Crippen molar-refractivity contribution in [2.45, 2.75) is 69.9 Å². The number of piperidine rings is 2. The fourth-order valence-electron chi connectivity index (χ4n) is 3.48. The van der Waals surface area contributed by atoms with Gasteiger partial charge < -0.3 is 21.3 Å².